The third-order valence-corrected chi connectivity index (χ3v) is 5.88. The number of ether oxygens (including phenoxy) is 1. The minimum atomic E-state index is -0.160. The zero-order valence-electron chi connectivity index (χ0n) is 18.2. The van der Waals surface area contributed by atoms with E-state index in [9.17, 15) is 4.79 Å². The van der Waals surface area contributed by atoms with E-state index in [1.54, 1.807) is 0 Å². The van der Waals surface area contributed by atoms with Crippen LogP contribution in [-0.4, -0.2) is 54.4 Å². The molecule has 1 aliphatic heterocycles. The summed E-state index contributed by atoms with van der Waals surface area (Å²) in [7, 11) is 0. The zero-order chi connectivity index (χ0) is 21.5. The van der Waals surface area contributed by atoms with Gasteiger partial charge in [0.15, 0.2) is 0 Å². The topological polar surface area (TPSA) is 58.5 Å². The van der Waals surface area contributed by atoms with Crippen LogP contribution < -0.4 is 10.6 Å². The van der Waals surface area contributed by atoms with Gasteiger partial charge in [0, 0.05) is 55.0 Å². The summed E-state index contributed by atoms with van der Waals surface area (Å²) < 4.78 is 7.70. The fourth-order valence-electron chi connectivity index (χ4n) is 4.04. The molecule has 3 aromatic rings. The largest absolute Gasteiger partial charge is 0.379 e. The first-order valence-electron chi connectivity index (χ1n) is 11.2. The second-order valence-electron chi connectivity index (χ2n) is 8.26. The number of nitrogens with one attached hydrogen (secondary N) is 2. The quantitative estimate of drug-likeness (QED) is 0.576. The van der Waals surface area contributed by atoms with Gasteiger partial charge in [-0.25, -0.2) is 4.79 Å². The smallest absolute Gasteiger partial charge is 0.319 e. The van der Waals surface area contributed by atoms with Crippen LogP contribution in [0.4, 0.5) is 10.5 Å². The molecule has 1 aliphatic rings. The highest BCUT2D eigenvalue weighted by atomic mass is 16.5. The molecule has 1 aromatic heterocycles. The molecule has 1 fully saturated rings. The molecule has 1 saturated heterocycles. The van der Waals surface area contributed by atoms with E-state index in [1.807, 2.05) is 37.3 Å². The molecule has 0 spiro atoms. The molecule has 6 heteroatoms. The molecule has 0 radical (unpaired) electrons. The maximum Gasteiger partial charge on any atom is 0.319 e. The van der Waals surface area contributed by atoms with Crippen LogP contribution in [0.15, 0.2) is 60.8 Å². The van der Waals surface area contributed by atoms with Crippen LogP contribution in [0.2, 0.25) is 0 Å². The standard InChI is InChI=1S/C25H32N4O2/c1-20(7-8-21-5-3-2-4-6-21)26-25(30)27-23-9-10-24-22(19-23)11-12-29(24)14-13-28-15-17-31-18-16-28/h2-6,9-12,19-20H,7-8,13-18H2,1H3,(H2,26,27,30). The second kappa shape index (κ2) is 10.5. The van der Waals surface area contributed by atoms with Crippen molar-refractivity contribution in [3.05, 3.63) is 66.4 Å². The Balaban J connectivity index is 1.27. The van der Waals surface area contributed by atoms with E-state index in [2.05, 4.69) is 50.6 Å². The second-order valence-corrected chi connectivity index (χ2v) is 8.26. The van der Waals surface area contributed by atoms with E-state index in [0.717, 1.165) is 63.3 Å². The molecule has 31 heavy (non-hydrogen) atoms. The van der Waals surface area contributed by atoms with Crippen molar-refractivity contribution < 1.29 is 9.53 Å². The Bertz CT molecular complexity index is 980. The summed E-state index contributed by atoms with van der Waals surface area (Å²) in [5, 5.41) is 7.15. The highest BCUT2D eigenvalue weighted by Crippen LogP contribution is 2.21. The van der Waals surface area contributed by atoms with Gasteiger partial charge in [-0.2, -0.15) is 0 Å². The fraction of sp³-hybridized carbons (Fsp3) is 0.400. The van der Waals surface area contributed by atoms with Crippen molar-refractivity contribution >= 4 is 22.6 Å². The van der Waals surface area contributed by atoms with E-state index in [0.29, 0.717) is 0 Å². The number of aromatic nitrogens is 1. The number of hydrogen-bond donors (Lipinski definition) is 2. The Kier molecular flexibility index (Phi) is 7.22. The van der Waals surface area contributed by atoms with Crippen molar-refractivity contribution in [3.63, 3.8) is 0 Å². The first-order chi connectivity index (χ1) is 15.2. The number of morpholine rings is 1. The zero-order valence-corrected chi connectivity index (χ0v) is 18.2. The number of anilines is 1. The summed E-state index contributed by atoms with van der Waals surface area (Å²) in [5.41, 5.74) is 3.29. The van der Waals surface area contributed by atoms with Crippen LogP contribution in [0, 0.1) is 0 Å². The molecule has 2 amide bonds. The average Bonchev–Trinajstić information content (AvgIpc) is 3.20. The third kappa shape index (κ3) is 6.09. The van der Waals surface area contributed by atoms with E-state index in [1.165, 1.54) is 11.1 Å². The Labute approximate surface area is 184 Å². The fourth-order valence-corrected chi connectivity index (χ4v) is 4.04. The van der Waals surface area contributed by atoms with Gasteiger partial charge in [0.2, 0.25) is 0 Å². The molecule has 0 aliphatic carbocycles. The summed E-state index contributed by atoms with van der Waals surface area (Å²) in [6.07, 6.45) is 3.98. The Morgan fingerprint density at radius 2 is 1.87 bits per heavy atom. The number of carbonyl (C=O) groups is 1. The molecule has 0 saturated carbocycles. The lowest BCUT2D eigenvalue weighted by atomic mass is 10.1. The molecule has 0 bridgehead atoms. The molecular formula is C25H32N4O2. The SMILES string of the molecule is CC(CCc1ccccc1)NC(=O)Nc1ccc2c(ccn2CCN2CCOCC2)c1. The van der Waals surface area contributed by atoms with Gasteiger partial charge in [0.1, 0.15) is 0 Å². The van der Waals surface area contributed by atoms with Crippen molar-refractivity contribution in [1.29, 1.82) is 0 Å². The highest BCUT2D eigenvalue weighted by molar-refractivity contribution is 5.93. The molecule has 6 nitrogen and oxygen atoms in total. The number of rotatable bonds is 8. The van der Waals surface area contributed by atoms with E-state index in [4.69, 9.17) is 4.74 Å². The highest BCUT2D eigenvalue weighted by Gasteiger charge is 2.12. The molecule has 1 atom stereocenters. The first-order valence-corrected chi connectivity index (χ1v) is 11.2. The normalized spacial score (nSPS) is 15.6. The maximum absolute atomic E-state index is 12.4. The third-order valence-electron chi connectivity index (χ3n) is 5.88. The molecule has 1 unspecified atom stereocenters. The number of urea groups is 1. The lowest BCUT2D eigenvalue weighted by molar-refractivity contribution is 0.0365. The Hall–Kier alpha value is -2.83. The van der Waals surface area contributed by atoms with E-state index < -0.39 is 0 Å². The molecule has 2 N–H and O–H groups in total. The minimum Gasteiger partial charge on any atom is -0.379 e. The predicted molar refractivity (Wildman–Crippen MR) is 126 cm³/mol. The summed E-state index contributed by atoms with van der Waals surface area (Å²) in [5.74, 6) is 0. The minimum absolute atomic E-state index is 0.102. The van der Waals surface area contributed by atoms with Gasteiger partial charge >= 0.3 is 6.03 Å². The van der Waals surface area contributed by atoms with Crippen molar-refractivity contribution in [2.24, 2.45) is 0 Å². The van der Waals surface area contributed by atoms with Crippen LogP contribution in [-0.2, 0) is 17.7 Å². The van der Waals surface area contributed by atoms with Gasteiger partial charge in [0.25, 0.3) is 0 Å². The molecule has 2 aromatic carbocycles. The summed E-state index contributed by atoms with van der Waals surface area (Å²) >= 11 is 0. The van der Waals surface area contributed by atoms with Gasteiger partial charge in [0.05, 0.1) is 13.2 Å². The number of hydrogen-bond acceptors (Lipinski definition) is 3. The number of nitrogens with zero attached hydrogens (tertiary/aromatic N) is 2. The maximum atomic E-state index is 12.4. The van der Waals surface area contributed by atoms with Gasteiger partial charge < -0.3 is 19.9 Å². The van der Waals surface area contributed by atoms with Crippen molar-refractivity contribution in [1.82, 2.24) is 14.8 Å². The summed E-state index contributed by atoms with van der Waals surface area (Å²) in [6, 6.07) is 18.5. The number of aryl methyl sites for hydroxylation is 1. The summed E-state index contributed by atoms with van der Waals surface area (Å²) in [6.45, 7) is 7.69. The number of amides is 2. The van der Waals surface area contributed by atoms with E-state index >= 15 is 0 Å². The van der Waals surface area contributed by atoms with Crippen LogP contribution >= 0.6 is 0 Å². The van der Waals surface area contributed by atoms with Crippen molar-refractivity contribution in [2.45, 2.75) is 32.4 Å². The van der Waals surface area contributed by atoms with Crippen molar-refractivity contribution in [2.75, 3.05) is 38.2 Å². The molecular weight excluding hydrogens is 388 g/mol. The molecule has 4 rings (SSSR count). The van der Waals surface area contributed by atoms with Crippen LogP contribution in [0.1, 0.15) is 18.9 Å². The summed E-state index contributed by atoms with van der Waals surface area (Å²) in [4.78, 5) is 14.8. The predicted octanol–water partition coefficient (Wildman–Crippen LogP) is 4.12. The number of benzene rings is 2. The lowest BCUT2D eigenvalue weighted by Crippen LogP contribution is -2.38. The number of carbonyl (C=O) groups excluding carboxylic acids is 1. The van der Waals surface area contributed by atoms with Crippen molar-refractivity contribution in [3.8, 4) is 0 Å². The average molecular weight is 421 g/mol. The molecule has 164 valence electrons. The monoisotopic (exact) mass is 420 g/mol. The first kappa shape index (κ1) is 21.4. The molecule has 2 heterocycles. The van der Waals surface area contributed by atoms with Gasteiger partial charge in [-0.1, -0.05) is 30.3 Å². The van der Waals surface area contributed by atoms with Crippen LogP contribution in [0.3, 0.4) is 0 Å². The Morgan fingerprint density at radius 3 is 2.68 bits per heavy atom. The van der Waals surface area contributed by atoms with Crippen LogP contribution in [0.25, 0.3) is 10.9 Å². The van der Waals surface area contributed by atoms with E-state index in [-0.39, 0.29) is 12.1 Å². The van der Waals surface area contributed by atoms with Crippen LogP contribution in [0.5, 0.6) is 0 Å². The van der Waals surface area contributed by atoms with Gasteiger partial charge in [-0.3, -0.25) is 4.90 Å². The van der Waals surface area contributed by atoms with Gasteiger partial charge in [-0.15, -0.1) is 0 Å². The van der Waals surface area contributed by atoms with Gasteiger partial charge in [-0.05, 0) is 49.6 Å². The number of fused-ring (bicyclic) bond motifs is 1. The lowest BCUT2D eigenvalue weighted by Gasteiger charge is -2.26. The Morgan fingerprint density at radius 1 is 1.06 bits per heavy atom.